The minimum atomic E-state index is -3.42. The number of sulfonamides is 1. The van der Waals surface area contributed by atoms with Crippen LogP contribution in [0.2, 0.25) is 0 Å². The predicted molar refractivity (Wildman–Crippen MR) is 75.8 cm³/mol. The summed E-state index contributed by atoms with van der Waals surface area (Å²) in [4.78, 5) is 2.76. The van der Waals surface area contributed by atoms with E-state index in [0.717, 1.165) is 25.9 Å². The van der Waals surface area contributed by atoms with Gasteiger partial charge in [0.1, 0.15) is 4.90 Å². The highest BCUT2D eigenvalue weighted by molar-refractivity contribution is 7.89. The molecule has 2 saturated heterocycles. The standard InChI is InChI=1S/C13H22N4O2S/c1-3-11-8-16-6-4-5-12(16)9-17(11)20(18,19)13-7-14-15(2)10-13/h7,10-12H,3-6,8-9H2,1-2H3/t11-,12+/m0/s1. The van der Waals surface area contributed by atoms with Crippen molar-refractivity contribution < 1.29 is 8.42 Å². The molecule has 0 amide bonds. The summed E-state index contributed by atoms with van der Waals surface area (Å²) < 4.78 is 28.9. The van der Waals surface area contributed by atoms with Gasteiger partial charge in [0.2, 0.25) is 10.0 Å². The fourth-order valence-corrected chi connectivity index (χ4v) is 5.07. The van der Waals surface area contributed by atoms with Crippen molar-refractivity contribution in [2.75, 3.05) is 19.6 Å². The van der Waals surface area contributed by atoms with Crippen molar-refractivity contribution in [3.05, 3.63) is 12.4 Å². The van der Waals surface area contributed by atoms with E-state index in [0.29, 0.717) is 17.5 Å². The maximum Gasteiger partial charge on any atom is 0.246 e. The highest BCUT2D eigenvalue weighted by atomic mass is 32.2. The predicted octanol–water partition coefficient (Wildman–Crippen LogP) is 0.667. The number of nitrogens with zero attached hydrogens (tertiary/aromatic N) is 4. The summed E-state index contributed by atoms with van der Waals surface area (Å²) in [7, 11) is -1.68. The molecule has 0 bridgehead atoms. The molecule has 6 nitrogen and oxygen atoms in total. The maximum absolute atomic E-state index is 12.8. The third-order valence-electron chi connectivity index (χ3n) is 4.50. The Balaban J connectivity index is 1.90. The first kappa shape index (κ1) is 14.0. The number of fused-ring (bicyclic) bond motifs is 1. The minimum Gasteiger partial charge on any atom is -0.297 e. The first-order valence-corrected chi connectivity index (χ1v) is 8.71. The van der Waals surface area contributed by atoms with E-state index in [1.165, 1.54) is 12.6 Å². The zero-order valence-corrected chi connectivity index (χ0v) is 12.9. The fraction of sp³-hybridized carbons (Fsp3) is 0.769. The van der Waals surface area contributed by atoms with Gasteiger partial charge in [-0.2, -0.15) is 9.40 Å². The van der Waals surface area contributed by atoms with E-state index in [4.69, 9.17) is 0 Å². The normalized spacial score (nSPS) is 28.7. The van der Waals surface area contributed by atoms with Crippen molar-refractivity contribution in [1.82, 2.24) is 19.0 Å². The lowest BCUT2D eigenvalue weighted by atomic mass is 10.1. The van der Waals surface area contributed by atoms with E-state index < -0.39 is 10.0 Å². The van der Waals surface area contributed by atoms with Crippen LogP contribution in [0.25, 0.3) is 0 Å². The van der Waals surface area contributed by atoms with Crippen molar-refractivity contribution in [3.63, 3.8) is 0 Å². The number of rotatable bonds is 3. The molecule has 0 radical (unpaired) electrons. The molecule has 1 aromatic heterocycles. The SMILES string of the molecule is CC[C@H]1CN2CCC[C@@H]2CN1S(=O)(=O)c1cnn(C)c1. The molecular weight excluding hydrogens is 276 g/mol. The maximum atomic E-state index is 12.8. The second-order valence-electron chi connectivity index (χ2n) is 5.78. The van der Waals surface area contributed by atoms with Crippen LogP contribution in [-0.2, 0) is 17.1 Å². The van der Waals surface area contributed by atoms with Gasteiger partial charge in [0.25, 0.3) is 0 Å². The molecule has 0 N–H and O–H groups in total. The summed E-state index contributed by atoms with van der Waals surface area (Å²) in [6.45, 7) is 4.66. The largest absolute Gasteiger partial charge is 0.297 e. The van der Waals surface area contributed by atoms with Crippen LogP contribution in [0.1, 0.15) is 26.2 Å². The highest BCUT2D eigenvalue weighted by Gasteiger charge is 2.41. The average molecular weight is 298 g/mol. The molecule has 2 aliphatic rings. The summed E-state index contributed by atoms with van der Waals surface area (Å²) >= 11 is 0. The van der Waals surface area contributed by atoms with Gasteiger partial charge in [0, 0.05) is 38.4 Å². The molecule has 3 heterocycles. The molecule has 0 spiro atoms. The van der Waals surface area contributed by atoms with E-state index in [9.17, 15) is 8.42 Å². The van der Waals surface area contributed by atoms with Crippen LogP contribution in [0.4, 0.5) is 0 Å². The van der Waals surface area contributed by atoms with Crippen LogP contribution in [0.3, 0.4) is 0 Å². The summed E-state index contributed by atoms with van der Waals surface area (Å²) in [5.74, 6) is 0. The molecule has 0 aliphatic carbocycles. The molecular formula is C13H22N4O2S. The summed E-state index contributed by atoms with van der Waals surface area (Å²) in [6.07, 6.45) is 6.17. The number of aromatic nitrogens is 2. The van der Waals surface area contributed by atoms with Gasteiger partial charge in [-0.15, -0.1) is 0 Å². The van der Waals surface area contributed by atoms with Crippen molar-refractivity contribution in [3.8, 4) is 0 Å². The highest BCUT2D eigenvalue weighted by Crippen LogP contribution is 2.29. The number of aryl methyl sites for hydroxylation is 1. The zero-order valence-electron chi connectivity index (χ0n) is 12.1. The van der Waals surface area contributed by atoms with E-state index in [1.54, 1.807) is 22.2 Å². The lowest BCUT2D eigenvalue weighted by molar-refractivity contribution is 0.106. The smallest absolute Gasteiger partial charge is 0.246 e. The van der Waals surface area contributed by atoms with Crippen LogP contribution in [0.5, 0.6) is 0 Å². The van der Waals surface area contributed by atoms with Gasteiger partial charge in [-0.3, -0.25) is 9.58 Å². The van der Waals surface area contributed by atoms with Crippen LogP contribution in [-0.4, -0.2) is 59.1 Å². The molecule has 2 aliphatic heterocycles. The molecule has 7 heteroatoms. The monoisotopic (exact) mass is 298 g/mol. The quantitative estimate of drug-likeness (QED) is 0.823. The summed E-state index contributed by atoms with van der Waals surface area (Å²) in [6, 6.07) is 0.471. The van der Waals surface area contributed by atoms with Crippen LogP contribution >= 0.6 is 0 Å². The average Bonchev–Trinajstić information content (AvgIpc) is 3.05. The van der Waals surface area contributed by atoms with Crippen molar-refractivity contribution in [2.45, 2.75) is 43.2 Å². The molecule has 20 heavy (non-hydrogen) atoms. The lowest BCUT2D eigenvalue weighted by Gasteiger charge is -2.42. The zero-order chi connectivity index (χ0) is 14.3. The third kappa shape index (κ3) is 2.27. The fourth-order valence-electron chi connectivity index (χ4n) is 3.36. The molecule has 3 rings (SSSR count). The van der Waals surface area contributed by atoms with E-state index in [-0.39, 0.29) is 6.04 Å². The lowest BCUT2D eigenvalue weighted by Crippen LogP contribution is -2.57. The van der Waals surface area contributed by atoms with Crippen LogP contribution in [0.15, 0.2) is 17.3 Å². The Kier molecular flexibility index (Phi) is 3.60. The van der Waals surface area contributed by atoms with Crippen molar-refractivity contribution in [1.29, 1.82) is 0 Å². The van der Waals surface area contributed by atoms with Gasteiger partial charge in [0.05, 0.1) is 6.20 Å². The molecule has 2 atom stereocenters. The Labute approximate surface area is 120 Å². The van der Waals surface area contributed by atoms with Crippen LogP contribution in [0, 0.1) is 0 Å². The Morgan fingerprint density at radius 2 is 2.20 bits per heavy atom. The van der Waals surface area contributed by atoms with E-state index >= 15 is 0 Å². The third-order valence-corrected chi connectivity index (χ3v) is 6.37. The Morgan fingerprint density at radius 3 is 2.85 bits per heavy atom. The van der Waals surface area contributed by atoms with Crippen molar-refractivity contribution in [2.24, 2.45) is 7.05 Å². The topological polar surface area (TPSA) is 58.4 Å². The van der Waals surface area contributed by atoms with Gasteiger partial charge < -0.3 is 0 Å². The molecule has 0 aromatic carbocycles. The van der Waals surface area contributed by atoms with E-state index in [1.807, 2.05) is 0 Å². The first-order chi connectivity index (χ1) is 9.52. The van der Waals surface area contributed by atoms with Crippen LogP contribution < -0.4 is 0 Å². The Hall–Kier alpha value is -0.920. The number of piperazine rings is 1. The van der Waals surface area contributed by atoms with Gasteiger partial charge >= 0.3 is 0 Å². The summed E-state index contributed by atoms with van der Waals surface area (Å²) in [5.41, 5.74) is 0. The second kappa shape index (κ2) is 5.13. The second-order valence-corrected chi connectivity index (χ2v) is 7.67. The molecule has 0 saturated carbocycles. The van der Waals surface area contributed by atoms with Gasteiger partial charge in [-0.25, -0.2) is 8.42 Å². The molecule has 1 aromatic rings. The molecule has 0 unspecified atom stereocenters. The Morgan fingerprint density at radius 1 is 1.40 bits per heavy atom. The van der Waals surface area contributed by atoms with Gasteiger partial charge in [0.15, 0.2) is 0 Å². The van der Waals surface area contributed by atoms with E-state index in [2.05, 4.69) is 16.9 Å². The Bertz CT molecular complexity index is 583. The van der Waals surface area contributed by atoms with Crippen molar-refractivity contribution >= 4 is 10.0 Å². The first-order valence-electron chi connectivity index (χ1n) is 7.27. The van der Waals surface area contributed by atoms with Gasteiger partial charge in [-0.1, -0.05) is 6.92 Å². The molecule has 112 valence electrons. The van der Waals surface area contributed by atoms with Gasteiger partial charge in [-0.05, 0) is 25.8 Å². The summed E-state index contributed by atoms with van der Waals surface area (Å²) in [5, 5.41) is 4.00. The number of hydrogen-bond acceptors (Lipinski definition) is 4. The minimum absolute atomic E-state index is 0.0783. The number of hydrogen-bond donors (Lipinski definition) is 0. The molecule has 2 fully saturated rings.